The van der Waals surface area contributed by atoms with Crippen molar-refractivity contribution < 1.29 is 14.3 Å². The molecule has 1 aliphatic heterocycles. The predicted molar refractivity (Wildman–Crippen MR) is 86.4 cm³/mol. The molecule has 0 saturated carbocycles. The Morgan fingerprint density at radius 3 is 2.95 bits per heavy atom. The van der Waals surface area contributed by atoms with Crippen LogP contribution in [0.3, 0.4) is 0 Å². The minimum Gasteiger partial charge on any atom is -0.376 e. The molecule has 1 saturated heterocycles. The first-order chi connectivity index (χ1) is 10.7. The minimum atomic E-state index is -0.0895. The summed E-state index contributed by atoms with van der Waals surface area (Å²) in [6.07, 6.45) is 1.67. The number of halogens is 1. The maximum atomic E-state index is 12.0. The molecular formula is C16H23ClN2O3. The molecule has 1 atom stereocenters. The van der Waals surface area contributed by atoms with Crippen molar-refractivity contribution in [1.29, 1.82) is 0 Å². The van der Waals surface area contributed by atoms with Crippen molar-refractivity contribution in [1.82, 2.24) is 10.2 Å². The fraction of sp³-hybridized carbons (Fsp3) is 0.562. The third-order valence-corrected chi connectivity index (χ3v) is 3.93. The number of rotatable bonds is 6. The van der Waals surface area contributed by atoms with Crippen LogP contribution in [-0.2, 0) is 15.9 Å². The summed E-state index contributed by atoms with van der Waals surface area (Å²) in [5.74, 6) is 0. The van der Waals surface area contributed by atoms with Gasteiger partial charge in [-0.25, -0.2) is 4.79 Å². The van der Waals surface area contributed by atoms with Crippen molar-refractivity contribution >= 4 is 17.6 Å². The Morgan fingerprint density at radius 1 is 1.41 bits per heavy atom. The lowest BCUT2D eigenvalue weighted by molar-refractivity contribution is -0.0928. The first kappa shape index (κ1) is 17.1. The standard InChI is InChI=1S/C16H23ClN2O3/c1-19(11-14-12-21-9-10-22-14)16(20)18-8-4-6-13-5-2-3-7-15(13)17/h2-3,5,7,14H,4,6,8-12H2,1H3,(H,18,20)/t14-/m1/s1. The topological polar surface area (TPSA) is 50.8 Å². The summed E-state index contributed by atoms with van der Waals surface area (Å²) in [6.45, 7) is 2.93. The Kier molecular flexibility index (Phi) is 6.96. The Labute approximate surface area is 136 Å². The summed E-state index contributed by atoms with van der Waals surface area (Å²) in [7, 11) is 1.77. The Balaban J connectivity index is 1.63. The molecule has 0 aromatic heterocycles. The number of ether oxygens (including phenoxy) is 2. The number of carbonyl (C=O) groups is 1. The minimum absolute atomic E-state index is 0.0346. The van der Waals surface area contributed by atoms with Crippen LogP contribution in [0.25, 0.3) is 0 Å². The van der Waals surface area contributed by atoms with Crippen LogP contribution in [0.2, 0.25) is 5.02 Å². The molecule has 0 bridgehead atoms. The highest BCUT2D eigenvalue weighted by molar-refractivity contribution is 6.31. The van der Waals surface area contributed by atoms with Gasteiger partial charge in [-0.3, -0.25) is 0 Å². The number of likely N-dealkylation sites (N-methyl/N-ethyl adjacent to an activating group) is 1. The molecule has 2 amide bonds. The molecule has 2 rings (SSSR count). The lowest BCUT2D eigenvalue weighted by atomic mass is 10.1. The van der Waals surface area contributed by atoms with E-state index in [9.17, 15) is 4.79 Å². The van der Waals surface area contributed by atoms with Gasteiger partial charge in [0, 0.05) is 18.6 Å². The summed E-state index contributed by atoms with van der Waals surface area (Å²) in [5, 5.41) is 3.69. The van der Waals surface area contributed by atoms with E-state index in [0.717, 1.165) is 23.4 Å². The zero-order chi connectivity index (χ0) is 15.8. The summed E-state index contributed by atoms with van der Waals surface area (Å²) in [5.41, 5.74) is 1.11. The van der Waals surface area contributed by atoms with Crippen molar-refractivity contribution in [3.63, 3.8) is 0 Å². The summed E-state index contributed by atoms with van der Waals surface area (Å²) < 4.78 is 10.9. The highest BCUT2D eigenvalue weighted by Gasteiger charge is 2.18. The monoisotopic (exact) mass is 326 g/mol. The molecule has 1 aromatic carbocycles. The van der Waals surface area contributed by atoms with E-state index in [0.29, 0.717) is 32.9 Å². The van der Waals surface area contributed by atoms with Crippen LogP contribution in [0.5, 0.6) is 0 Å². The highest BCUT2D eigenvalue weighted by atomic mass is 35.5. The number of hydrogen-bond acceptors (Lipinski definition) is 3. The lowest BCUT2D eigenvalue weighted by Crippen LogP contribution is -2.45. The van der Waals surface area contributed by atoms with Gasteiger partial charge in [-0.05, 0) is 24.5 Å². The fourth-order valence-electron chi connectivity index (χ4n) is 2.34. The van der Waals surface area contributed by atoms with Gasteiger partial charge in [0.2, 0.25) is 0 Å². The predicted octanol–water partition coefficient (Wildman–Crippen LogP) is 2.33. The SMILES string of the molecule is CN(C[C@@H]1COCCO1)C(=O)NCCCc1ccccc1Cl. The molecule has 122 valence electrons. The number of nitrogens with one attached hydrogen (secondary N) is 1. The van der Waals surface area contributed by atoms with E-state index >= 15 is 0 Å². The van der Waals surface area contributed by atoms with Crippen molar-refractivity contribution in [3.05, 3.63) is 34.9 Å². The van der Waals surface area contributed by atoms with Crippen molar-refractivity contribution in [3.8, 4) is 0 Å². The van der Waals surface area contributed by atoms with Gasteiger partial charge < -0.3 is 19.7 Å². The van der Waals surface area contributed by atoms with Crippen LogP contribution in [0.15, 0.2) is 24.3 Å². The molecule has 22 heavy (non-hydrogen) atoms. The van der Waals surface area contributed by atoms with E-state index in [1.807, 2.05) is 24.3 Å². The molecule has 0 unspecified atom stereocenters. The highest BCUT2D eigenvalue weighted by Crippen LogP contribution is 2.16. The van der Waals surface area contributed by atoms with Gasteiger partial charge in [0.25, 0.3) is 0 Å². The van der Waals surface area contributed by atoms with E-state index in [1.54, 1.807) is 11.9 Å². The average Bonchev–Trinajstić information content (AvgIpc) is 2.53. The third kappa shape index (κ3) is 5.48. The van der Waals surface area contributed by atoms with Gasteiger partial charge in [-0.15, -0.1) is 0 Å². The summed E-state index contributed by atoms with van der Waals surface area (Å²) in [6, 6.07) is 7.69. The number of nitrogens with zero attached hydrogens (tertiary/aromatic N) is 1. The zero-order valence-corrected chi connectivity index (χ0v) is 13.6. The van der Waals surface area contributed by atoms with Crippen LogP contribution < -0.4 is 5.32 Å². The van der Waals surface area contributed by atoms with Crippen molar-refractivity contribution in [2.75, 3.05) is 40.0 Å². The molecule has 0 spiro atoms. The molecule has 0 aliphatic carbocycles. The van der Waals surface area contributed by atoms with E-state index in [2.05, 4.69) is 5.32 Å². The molecular weight excluding hydrogens is 304 g/mol. The van der Waals surface area contributed by atoms with Gasteiger partial charge in [-0.2, -0.15) is 0 Å². The number of carbonyl (C=O) groups excluding carboxylic acids is 1. The van der Waals surface area contributed by atoms with Crippen LogP contribution >= 0.6 is 11.6 Å². The molecule has 1 aromatic rings. The van der Waals surface area contributed by atoms with Gasteiger partial charge >= 0.3 is 6.03 Å². The van der Waals surface area contributed by atoms with E-state index < -0.39 is 0 Å². The number of aryl methyl sites for hydroxylation is 1. The summed E-state index contributed by atoms with van der Waals surface area (Å²) >= 11 is 6.10. The largest absolute Gasteiger partial charge is 0.376 e. The fourth-order valence-corrected chi connectivity index (χ4v) is 2.57. The quantitative estimate of drug-likeness (QED) is 0.816. The second-order valence-corrected chi connectivity index (χ2v) is 5.78. The maximum absolute atomic E-state index is 12.0. The second-order valence-electron chi connectivity index (χ2n) is 5.38. The first-order valence-corrected chi connectivity index (χ1v) is 7.96. The molecule has 1 N–H and O–H groups in total. The molecule has 1 heterocycles. The molecule has 1 aliphatic rings. The molecule has 6 heteroatoms. The second kappa shape index (κ2) is 8.98. The molecule has 0 radical (unpaired) electrons. The first-order valence-electron chi connectivity index (χ1n) is 7.58. The zero-order valence-electron chi connectivity index (χ0n) is 12.9. The van der Waals surface area contributed by atoms with Gasteiger partial charge in [0.15, 0.2) is 0 Å². The van der Waals surface area contributed by atoms with Gasteiger partial charge in [0.1, 0.15) is 0 Å². The number of urea groups is 1. The van der Waals surface area contributed by atoms with Crippen LogP contribution in [0.1, 0.15) is 12.0 Å². The Morgan fingerprint density at radius 2 is 2.23 bits per heavy atom. The van der Waals surface area contributed by atoms with E-state index in [4.69, 9.17) is 21.1 Å². The average molecular weight is 327 g/mol. The Bertz CT molecular complexity index is 478. The van der Waals surface area contributed by atoms with Crippen molar-refractivity contribution in [2.24, 2.45) is 0 Å². The maximum Gasteiger partial charge on any atom is 0.317 e. The van der Waals surface area contributed by atoms with Crippen LogP contribution in [-0.4, -0.2) is 57.0 Å². The lowest BCUT2D eigenvalue weighted by Gasteiger charge is -2.27. The van der Waals surface area contributed by atoms with Crippen LogP contribution in [0.4, 0.5) is 4.79 Å². The Hall–Kier alpha value is -1.30. The summed E-state index contributed by atoms with van der Waals surface area (Å²) in [4.78, 5) is 13.6. The number of hydrogen-bond donors (Lipinski definition) is 1. The van der Waals surface area contributed by atoms with E-state index in [1.165, 1.54) is 0 Å². The molecule has 1 fully saturated rings. The smallest absolute Gasteiger partial charge is 0.317 e. The van der Waals surface area contributed by atoms with Crippen molar-refractivity contribution in [2.45, 2.75) is 18.9 Å². The van der Waals surface area contributed by atoms with Gasteiger partial charge in [0.05, 0.1) is 32.5 Å². The van der Waals surface area contributed by atoms with Crippen LogP contribution in [0, 0.1) is 0 Å². The number of benzene rings is 1. The van der Waals surface area contributed by atoms with E-state index in [-0.39, 0.29) is 12.1 Å². The third-order valence-electron chi connectivity index (χ3n) is 3.57. The van der Waals surface area contributed by atoms with Gasteiger partial charge in [-0.1, -0.05) is 29.8 Å². The number of amides is 2. The molecule has 5 nitrogen and oxygen atoms in total. The normalized spacial score (nSPS) is 18.0.